The number of benzene rings is 3. The zero-order chi connectivity index (χ0) is 19.4. The van der Waals surface area contributed by atoms with Crippen LogP contribution in [0.25, 0.3) is 0 Å². The number of anilines is 3. The lowest BCUT2D eigenvalue weighted by Crippen LogP contribution is -2.13. The van der Waals surface area contributed by atoms with Gasteiger partial charge in [0.1, 0.15) is 17.8 Å². The Morgan fingerprint density at radius 3 is 1.59 bits per heavy atom. The summed E-state index contributed by atoms with van der Waals surface area (Å²) in [6.45, 7) is 4.12. The predicted octanol–water partition coefficient (Wildman–Crippen LogP) is 5.60. The van der Waals surface area contributed by atoms with Gasteiger partial charge in [-0.05, 0) is 85.6 Å². The van der Waals surface area contributed by atoms with Crippen LogP contribution in [-0.2, 0) is 0 Å². The Morgan fingerprint density at radius 2 is 1.22 bits per heavy atom. The van der Waals surface area contributed by atoms with Crippen molar-refractivity contribution in [2.45, 2.75) is 13.8 Å². The van der Waals surface area contributed by atoms with Crippen molar-refractivity contribution in [2.75, 3.05) is 19.1 Å². The zero-order valence-corrected chi connectivity index (χ0v) is 16.0. The van der Waals surface area contributed by atoms with Crippen LogP contribution in [0.3, 0.4) is 0 Å². The number of ether oxygens (including phenoxy) is 2. The van der Waals surface area contributed by atoms with Crippen LogP contribution in [0.2, 0.25) is 0 Å². The van der Waals surface area contributed by atoms with E-state index in [-0.39, 0.29) is 0 Å². The van der Waals surface area contributed by atoms with E-state index < -0.39 is 0 Å². The largest absolute Gasteiger partial charge is 0.497 e. The molecular weight excluding hydrogens is 338 g/mol. The summed E-state index contributed by atoms with van der Waals surface area (Å²) in [6.07, 6.45) is 0.853. The van der Waals surface area contributed by atoms with Crippen molar-refractivity contribution in [3.8, 4) is 11.5 Å². The highest BCUT2D eigenvalue weighted by molar-refractivity contribution is 5.82. The Morgan fingerprint density at radius 1 is 0.741 bits per heavy atom. The number of hydrogen-bond donors (Lipinski definition) is 0. The maximum absolute atomic E-state index is 11.0. The zero-order valence-electron chi connectivity index (χ0n) is 16.0. The van der Waals surface area contributed by atoms with Gasteiger partial charge in [0.25, 0.3) is 0 Å². The van der Waals surface area contributed by atoms with E-state index in [0.717, 1.165) is 46.0 Å². The summed E-state index contributed by atoms with van der Waals surface area (Å²) in [5.41, 5.74) is 5.89. The number of carbonyl (C=O) groups excluding carboxylic acids is 1. The van der Waals surface area contributed by atoms with Crippen LogP contribution >= 0.6 is 0 Å². The molecule has 0 atom stereocenters. The van der Waals surface area contributed by atoms with Crippen LogP contribution in [-0.4, -0.2) is 20.5 Å². The Hall–Kier alpha value is -3.27. The Bertz CT molecular complexity index is 895. The van der Waals surface area contributed by atoms with Gasteiger partial charge in [0.05, 0.1) is 14.2 Å². The van der Waals surface area contributed by atoms with Crippen LogP contribution in [0, 0.1) is 13.8 Å². The summed E-state index contributed by atoms with van der Waals surface area (Å²) in [5, 5.41) is 0. The van der Waals surface area contributed by atoms with Crippen molar-refractivity contribution in [1.29, 1.82) is 0 Å². The fourth-order valence-corrected chi connectivity index (χ4v) is 3.12. The second-order valence-electron chi connectivity index (χ2n) is 6.35. The van der Waals surface area contributed by atoms with Crippen molar-refractivity contribution < 1.29 is 14.3 Å². The van der Waals surface area contributed by atoms with Crippen molar-refractivity contribution in [3.63, 3.8) is 0 Å². The molecule has 138 valence electrons. The fourth-order valence-electron chi connectivity index (χ4n) is 3.12. The summed E-state index contributed by atoms with van der Waals surface area (Å²) in [6, 6.07) is 19.6. The van der Waals surface area contributed by atoms with Crippen molar-refractivity contribution in [1.82, 2.24) is 0 Å². The molecule has 3 aromatic rings. The normalized spacial score (nSPS) is 10.4. The van der Waals surface area contributed by atoms with Gasteiger partial charge in [-0.1, -0.05) is 0 Å². The van der Waals surface area contributed by atoms with E-state index in [0.29, 0.717) is 5.56 Å². The van der Waals surface area contributed by atoms with Crippen LogP contribution < -0.4 is 14.4 Å². The molecule has 0 unspecified atom stereocenters. The van der Waals surface area contributed by atoms with E-state index in [4.69, 9.17) is 9.47 Å². The molecule has 0 radical (unpaired) electrons. The third kappa shape index (κ3) is 3.80. The van der Waals surface area contributed by atoms with Gasteiger partial charge in [0.15, 0.2) is 0 Å². The average Bonchev–Trinajstić information content (AvgIpc) is 2.70. The lowest BCUT2D eigenvalue weighted by atomic mass is 10.1. The first-order valence-electron chi connectivity index (χ1n) is 8.72. The molecule has 0 fully saturated rings. The summed E-state index contributed by atoms with van der Waals surface area (Å²) in [4.78, 5) is 13.2. The van der Waals surface area contributed by atoms with Gasteiger partial charge in [-0.2, -0.15) is 0 Å². The van der Waals surface area contributed by atoms with Crippen molar-refractivity contribution >= 4 is 23.3 Å². The SMILES string of the molecule is COc1ccc(N(c2ccc(C=O)cc2)c2ccc(OC)cc2C)c(C)c1. The van der Waals surface area contributed by atoms with Crippen LogP contribution in [0.4, 0.5) is 17.1 Å². The minimum atomic E-state index is 0.650. The van der Waals surface area contributed by atoms with E-state index in [1.165, 1.54) is 0 Å². The molecule has 3 aromatic carbocycles. The Labute approximate surface area is 160 Å². The first kappa shape index (κ1) is 18.5. The molecule has 4 nitrogen and oxygen atoms in total. The van der Waals surface area contributed by atoms with Crippen molar-refractivity contribution in [2.24, 2.45) is 0 Å². The van der Waals surface area contributed by atoms with Gasteiger partial charge in [-0.3, -0.25) is 4.79 Å². The van der Waals surface area contributed by atoms with Crippen LogP contribution in [0.15, 0.2) is 60.7 Å². The van der Waals surface area contributed by atoms with E-state index in [1.807, 2.05) is 60.7 Å². The molecule has 0 aliphatic heterocycles. The summed E-state index contributed by atoms with van der Waals surface area (Å²) < 4.78 is 10.7. The van der Waals surface area contributed by atoms with E-state index in [9.17, 15) is 4.79 Å². The topological polar surface area (TPSA) is 38.8 Å². The third-order valence-electron chi connectivity index (χ3n) is 4.58. The van der Waals surface area contributed by atoms with E-state index in [1.54, 1.807) is 14.2 Å². The fraction of sp³-hybridized carbons (Fsp3) is 0.174. The minimum absolute atomic E-state index is 0.650. The highest BCUT2D eigenvalue weighted by Gasteiger charge is 2.17. The molecule has 0 spiro atoms. The molecule has 0 heterocycles. The molecular formula is C23H23NO3. The molecule has 0 aliphatic rings. The smallest absolute Gasteiger partial charge is 0.150 e. The third-order valence-corrected chi connectivity index (χ3v) is 4.58. The molecule has 0 aliphatic carbocycles. The summed E-state index contributed by atoms with van der Waals surface area (Å²) in [7, 11) is 3.33. The first-order chi connectivity index (χ1) is 13.1. The lowest BCUT2D eigenvalue weighted by molar-refractivity contribution is 0.112. The standard InChI is InChI=1S/C23H23NO3/c1-16-13-20(26-3)9-11-22(16)24(19-7-5-18(15-25)6-8-19)23-12-10-21(27-4)14-17(23)2/h5-15H,1-4H3. The van der Waals surface area contributed by atoms with E-state index in [2.05, 4.69) is 18.7 Å². The molecule has 27 heavy (non-hydrogen) atoms. The Kier molecular flexibility index (Phi) is 5.46. The Balaban J connectivity index is 2.18. The number of rotatable bonds is 6. The number of carbonyl (C=O) groups is 1. The summed E-state index contributed by atoms with van der Waals surface area (Å²) in [5.74, 6) is 1.64. The quantitative estimate of drug-likeness (QED) is 0.536. The monoisotopic (exact) mass is 361 g/mol. The maximum Gasteiger partial charge on any atom is 0.150 e. The molecule has 0 aromatic heterocycles. The van der Waals surface area contributed by atoms with Gasteiger partial charge < -0.3 is 14.4 Å². The van der Waals surface area contributed by atoms with Crippen molar-refractivity contribution in [3.05, 3.63) is 77.4 Å². The van der Waals surface area contributed by atoms with E-state index >= 15 is 0 Å². The average molecular weight is 361 g/mol. The number of nitrogens with zero attached hydrogens (tertiary/aromatic N) is 1. The van der Waals surface area contributed by atoms with Gasteiger partial charge >= 0.3 is 0 Å². The highest BCUT2D eigenvalue weighted by atomic mass is 16.5. The lowest BCUT2D eigenvalue weighted by Gasteiger charge is -2.29. The number of aryl methyl sites for hydroxylation is 2. The molecule has 3 rings (SSSR count). The molecule has 0 N–H and O–H groups in total. The second kappa shape index (κ2) is 7.96. The van der Waals surface area contributed by atoms with Gasteiger partial charge in [-0.15, -0.1) is 0 Å². The first-order valence-corrected chi connectivity index (χ1v) is 8.72. The predicted molar refractivity (Wildman–Crippen MR) is 109 cm³/mol. The molecule has 0 amide bonds. The van der Waals surface area contributed by atoms with Crippen LogP contribution in [0.1, 0.15) is 21.5 Å². The molecule has 4 heteroatoms. The molecule has 0 saturated carbocycles. The molecule has 0 saturated heterocycles. The minimum Gasteiger partial charge on any atom is -0.497 e. The van der Waals surface area contributed by atoms with Gasteiger partial charge in [0.2, 0.25) is 0 Å². The van der Waals surface area contributed by atoms with Crippen LogP contribution in [0.5, 0.6) is 11.5 Å². The number of methoxy groups -OCH3 is 2. The summed E-state index contributed by atoms with van der Waals surface area (Å²) >= 11 is 0. The molecule has 0 bridgehead atoms. The maximum atomic E-state index is 11.0. The highest BCUT2D eigenvalue weighted by Crippen LogP contribution is 2.40. The number of aldehydes is 1. The van der Waals surface area contributed by atoms with Gasteiger partial charge in [0, 0.05) is 22.6 Å². The second-order valence-corrected chi connectivity index (χ2v) is 6.35. The van der Waals surface area contributed by atoms with Gasteiger partial charge in [-0.25, -0.2) is 0 Å². The number of hydrogen-bond acceptors (Lipinski definition) is 4.